The van der Waals surface area contributed by atoms with E-state index in [-0.39, 0.29) is 6.42 Å². The molecule has 0 heterocycles. The van der Waals surface area contributed by atoms with E-state index in [0.29, 0.717) is 6.42 Å². The van der Waals surface area contributed by atoms with Crippen molar-refractivity contribution in [2.75, 3.05) is 0 Å². The van der Waals surface area contributed by atoms with Gasteiger partial charge in [-0.1, -0.05) is 31.6 Å². The molecule has 0 radical (unpaired) electrons. The summed E-state index contributed by atoms with van der Waals surface area (Å²) in [6.45, 7) is 9.86. The first-order chi connectivity index (χ1) is 12.3. The van der Waals surface area contributed by atoms with Gasteiger partial charge in [-0.25, -0.2) is 0 Å². The normalized spacial score (nSPS) is 24.4. The highest BCUT2D eigenvalue weighted by molar-refractivity contribution is 6.27. The lowest BCUT2D eigenvalue weighted by atomic mass is 9.81. The summed E-state index contributed by atoms with van der Waals surface area (Å²) in [5.74, 6) is -4.99. The molecule has 1 aliphatic carbocycles. The van der Waals surface area contributed by atoms with Gasteiger partial charge < -0.3 is 15.3 Å². The third-order valence-corrected chi connectivity index (χ3v) is 4.75. The number of hydrogen-bond donors (Lipinski definition) is 3. The molecule has 0 amide bonds. The van der Waals surface area contributed by atoms with Crippen LogP contribution in [0.2, 0.25) is 0 Å². The maximum Gasteiger partial charge on any atom is 0.195 e. The summed E-state index contributed by atoms with van der Waals surface area (Å²) in [5, 5.41) is 31.4. The summed E-state index contributed by atoms with van der Waals surface area (Å²) in [5.41, 5.74) is -3.48. The fourth-order valence-electron chi connectivity index (χ4n) is 2.83. The zero-order valence-corrected chi connectivity index (χ0v) is 16.9. The Balaban J connectivity index is 3.51. The Hall–Kier alpha value is -2.05. The molecule has 0 saturated heterocycles. The van der Waals surface area contributed by atoms with Gasteiger partial charge in [0.05, 0.1) is 11.5 Å². The molecule has 3 N–H and O–H groups in total. The molecule has 0 aromatic heterocycles. The Morgan fingerprint density at radius 3 is 2.30 bits per heavy atom. The summed E-state index contributed by atoms with van der Waals surface area (Å²) in [6.07, 6.45) is 4.23. The van der Waals surface area contributed by atoms with E-state index in [1.807, 2.05) is 0 Å². The number of carbonyl (C=O) groups excluding carboxylic acids is 3. The van der Waals surface area contributed by atoms with Gasteiger partial charge in [0.2, 0.25) is 0 Å². The van der Waals surface area contributed by atoms with Gasteiger partial charge in [0.25, 0.3) is 0 Å². The van der Waals surface area contributed by atoms with E-state index in [2.05, 4.69) is 0 Å². The third kappa shape index (κ3) is 4.82. The molecule has 0 spiro atoms. The zero-order valence-electron chi connectivity index (χ0n) is 16.9. The van der Waals surface area contributed by atoms with Crippen molar-refractivity contribution in [3.8, 4) is 0 Å². The van der Waals surface area contributed by atoms with Gasteiger partial charge in [-0.15, -0.1) is 0 Å². The van der Waals surface area contributed by atoms with Crippen molar-refractivity contribution < 1.29 is 29.7 Å². The van der Waals surface area contributed by atoms with Crippen molar-refractivity contribution in [1.82, 2.24) is 0 Å². The molecule has 6 nitrogen and oxygen atoms in total. The highest BCUT2D eigenvalue weighted by atomic mass is 16.3. The molecule has 0 aromatic carbocycles. The van der Waals surface area contributed by atoms with Crippen LogP contribution in [0.4, 0.5) is 0 Å². The first kappa shape index (κ1) is 23.0. The minimum absolute atomic E-state index is 0.00110. The summed E-state index contributed by atoms with van der Waals surface area (Å²) < 4.78 is 0. The number of hydrogen-bond acceptors (Lipinski definition) is 6. The highest BCUT2D eigenvalue weighted by Crippen LogP contribution is 2.41. The highest BCUT2D eigenvalue weighted by Gasteiger charge is 2.58. The summed E-state index contributed by atoms with van der Waals surface area (Å²) in [6, 6.07) is 0. The second kappa shape index (κ2) is 8.31. The standard InChI is InChI=1S/C21H30O6/c1-7-13(4)17(23)16-18(24)14(9-8-12(2)3)21(27,19(16)25)15(22)10-11-20(5,6)26/h8,10-11,13-14,25-27H,7,9H2,1-6H3/b11-10+/t13?,14?,21-/m0/s1. The average molecular weight is 378 g/mol. The minimum atomic E-state index is -2.52. The van der Waals surface area contributed by atoms with E-state index >= 15 is 0 Å². The lowest BCUT2D eigenvalue weighted by Gasteiger charge is -2.26. The first-order valence-electron chi connectivity index (χ1n) is 9.11. The maximum atomic E-state index is 12.9. The molecule has 27 heavy (non-hydrogen) atoms. The van der Waals surface area contributed by atoms with Crippen LogP contribution in [0.3, 0.4) is 0 Å². The van der Waals surface area contributed by atoms with Gasteiger partial charge in [0.15, 0.2) is 23.0 Å². The Morgan fingerprint density at radius 1 is 1.30 bits per heavy atom. The van der Waals surface area contributed by atoms with E-state index in [4.69, 9.17) is 0 Å². The smallest absolute Gasteiger partial charge is 0.195 e. The number of Topliss-reactive ketones (excluding diaryl/α,β-unsaturated/α-hetero) is 2. The second-order valence-electron chi connectivity index (χ2n) is 7.95. The predicted molar refractivity (Wildman–Crippen MR) is 102 cm³/mol. The molecule has 0 fully saturated rings. The molecule has 0 aromatic rings. The van der Waals surface area contributed by atoms with Gasteiger partial charge in [0.1, 0.15) is 11.3 Å². The number of aliphatic hydroxyl groups excluding tert-OH is 1. The molecule has 3 atom stereocenters. The van der Waals surface area contributed by atoms with Crippen molar-refractivity contribution in [3.05, 3.63) is 35.1 Å². The molecule has 6 heteroatoms. The van der Waals surface area contributed by atoms with Crippen molar-refractivity contribution >= 4 is 17.3 Å². The Kier molecular flexibility index (Phi) is 7.08. The molecule has 0 bridgehead atoms. The van der Waals surface area contributed by atoms with E-state index in [0.717, 1.165) is 17.7 Å². The van der Waals surface area contributed by atoms with E-state index in [9.17, 15) is 29.7 Å². The monoisotopic (exact) mass is 378 g/mol. The van der Waals surface area contributed by atoms with E-state index in [1.165, 1.54) is 13.8 Å². The van der Waals surface area contributed by atoms with Crippen molar-refractivity contribution in [1.29, 1.82) is 0 Å². The molecule has 0 saturated carbocycles. The average Bonchev–Trinajstić information content (AvgIpc) is 2.76. The van der Waals surface area contributed by atoms with Crippen LogP contribution in [0.15, 0.2) is 35.1 Å². The summed E-state index contributed by atoms with van der Waals surface area (Å²) in [7, 11) is 0. The Labute approximate surface area is 160 Å². The molecule has 2 unspecified atom stereocenters. The van der Waals surface area contributed by atoms with Gasteiger partial charge in [-0.3, -0.25) is 14.4 Å². The third-order valence-electron chi connectivity index (χ3n) is 4.75. The number of aliphatic hydroxyl groups is 3. The molecular formula is C21H30O6. The summed E-state index contributed by atoms with van der Waals surface area (Å²) >= 11 is 0. The fourth-order valence-corrected chi connectivity index (χ4v) is 2.83. The Morgan fingerprint density at radius 2 is 1.85 bits per heavy atom. The fraction of sp³-hybridized carbons (Fsp3) is 0.571. The largest absolute Gasteiger partial charge is 0.508 e. The van der Waals surface area contributed by atoms with Crippen molar-refractivity contribution in [2.45, 2.75) is 65.6 Å². The van der Waals surface area contributed by atoms with Gasteiger partial charge >= 0.3 is 0 Å². The van der Waals surface area contributed by atoms with E-state index in [1.54, 1.807) is 33.8 Å². The molecular weight excluding hydrogens is 348 g/mol. The number of carbonyl (C=O) groups is 3. The van der Waals surface area contributed by atoms with E-state index < -0.39 is 51.7 Å². The van der Waals surface area contributed by atoms with Crippen LogP contribution in [-0.4, -0.2) is 43.9 Å². The Bertz CT molecular complexity index is 715. The summed E-state index contributed by atoms with van der Waals surface area (Å²) in [4.78, 5) is 38.1. The first-order valence-corrected chi connectivity index (χ1v) is 9.11. The number of ketones is 3. The lowest BCUT2D eigenvalue weighted by Crippen LogP contribution is -2.46. The van der Waals surface area contributed by atoms with Crippen molar-refractivity contribution in [2.24, 2.45) is 11.8 Å². The van der Waals surface area contributed by atoms with Crippen molar-refractivity contribution in [3.63, 3.8) is 0 Å². The van der Waals surface area contributed by atoms with Gasteiger partial charge in [-0.05, 0) is 46.6 Å². The lowest BCUT2D eigenvalue weighted by molar-refractivity contribution is -0.140. The predicted octanol–water partition coefficient (Wildman–Crippen LogP) is 2.60. The quantitative estimate of drug-likeness (QED) is 0.340. The molecule has 1 rings (SSSR count). The molecule has 1 aliphatic rings. The van der Waals surface area contributed by atoms with Crippen LogP contribution in [0.25, 0.3) is 0 Å². The SMILES string of the molecule is CCC(C)C(=O)C1=C(O)[C@@](O)(C(=O)/C=C/C(C)(C)O)C(CC=C(C)C)C1=O. The van der Waals surface area contributed by atoms with Crippen LogP contribution >= 0.6 is 0 Å². The van der Waals surface area contributed by atoms with Crippen LogP contribution in [-0.2, 0) is 14.4 Å². The topological polar surface area (TPSA) is 112 Å². The van der Waals surface area contributed by atoms with Crippen LogP contribution < -0.4 is 0 Å². The van der Waals surface area contributed by atoms with Crippen LogP contribution in [0, 0.1) is 11.8 Å². The molecule has 150 valence electrons. The van der Waals surface area contributed by atoms with Crippen LogP contribution in [0.1, 0.15) is 54.4 Å². The minimum Gasteiger partial charge on any atom is -0.508 e. The number of rotatable bonds is 8. The van der Waals surface area contributed by atoms with Gasteiger partial charge in [-0.2, -0.15) is 0 Å². The van der Waals surface area contributed by atoms with Gasteiger partial charge in [0, 0.05) is 5.92 Å². The number of allylic oxidation sites excluding steroid dienone is 3. The zero-order chi connectivity index (χ0) is 21.2. The maximum absolute atomic E-state index is 12.9. The van der Waals surface area contributed by atoms with Crippen LogP contribution in [0.5, 0.6) is 0 Å². The second-order valence-corrected chi connectivity index (χ2v) is 7.95. The molecule has 0 aliphatic heterocycles.